The van der Waals surface area contributed by atoms with Crippen LogP contribution in [0.3, 0.4) is 0 Å². The summed E-state index contributed by atoms with van der Waals surface area (Å²) in [5, 5.41) is 3.70. The number of rotatable bonds is 7. The highest BCUT2D eigenvalue weighted by molar-refractivity contribution is 6.31. The molecule has 2 heterocycles. The molecule has 9 heteroatoms. The number of benzene rings is 2. The number of halogens is 1. The normalized spacial score (nSPS) is 19.2. The lowest BCUT2D eigenvalue weighted by atomic mass is 9.78. The lowest BCUT2D eigenvalue weighted by Gasteiger charge is -2.36. The van der Waals surface area contributed by atoms with E-state index >= 15 is 0 Å². The Morgan fingerprint density at radius 3 is 2.36 bits per heavy atom. The fourth-order valence-corrected chi connectivity index (χ4v) is 4.94. The van der Waals surface area contributed by atoms with E-state index in [-0.39, 0.29) is 6.61 Å². The van der Waals surface area contributed by atoms with Crippen molar-refractivity contribution in [2.45, 2.75) is 32.3 Å². The predicted octanol–water partition coefficient (Wildman–Crippen LogP) is 4.83. The van der Waals surface area contributed by atoms with Crippen molar-refractivity contribution in [1.29, 1.82) is 0 Å². The van der Waals surface area contributed by atoms with Gasteiger partial charge in [0.2, 0.25) is 5.75 Å². The molecular weight excluding hydrogens is 486 g/mol. The minimum atomic E-state index is -0.734. The summed E-state index contributed by atoms with van der Waals surface area (Å²) in [6.45, 7) is 3.72. The van der Waals surface area contributed by atoms with Crippen molar-refractivity contribution in [1.82, 2.24) is 5.32 Å². The van der Waals surface area contributed by atoms with Gasteiger partial charge in [0.15, 0.2) is 11.5 Å². The number of dihydropyridines is 1. The third-order valence-corrected chi connectivity index (χ3v) is 6.62. The molecule has 2 unspecified atom stereocenters. The van der Waals surface area contributed by atoms with Gasteiger partial charge in [-0.1, -0.05) is 29.8 Å². The van der Waals surface area contributed by atoms with E-state index in [0.29, 0.717) is 62.4 Å². The summed E-state index contributed by atoms with van der Waals surface area (Å²) in [7, 11) is 4.57. The van der Waals surface area contributed by atoms with Gasteiger partial charge in [-0.05, 0) is 37.6 Å². The van der Waals surface area contributed by atoms with Crippen LogP contribution >= 0.6 is 11.6 Å². The van der Waals surface area contributed by atoms with Gasteiger partial charge < -0.3 is 29.0 Å². The van der Waals surface area contributed by atoms with Crippen LogP contribution in [-0.4, -0.2) is 39.9 Å². The molecule has 0 radical (unpaired) electrons. The number of cyclic esters (lactones) is 1. The standard InChI is InChI=1S/C27H28ClNO7/c1-6-35-26(30)22-14(2)29-18-13-19(15-11-20(32-3)25(34-5)21(12-15)33-4)36-27(31)24(18)23(22)16-9-7-8-10-17(16)28/h7-12,19,23,29H,6,13H2,1-5H3. The molecule has 1 N–H and O–H groups in total. The second kappa shape index (κ2) is 10.5. The Morgan fingerprint density at radius 1 is 1.11 bits per heavy atom. The number of allylic oxidation sites excluding steroid dienone is 1. The first-order valence-electron chi connectivity index (χ1n) is 11.5. The molecule has 190 valence electrons. The first-order valence-corrected chi connectivity index (χ1v) is 11.9. The number of hydrogen-bond donors (Lipinski definition) is 1. The van der Waals surface area contributed by atoms with Gasteiger partial charge in [-0.25, -0.2) is 9.59 Å². The van der Waals surface area contributed by atoms with Crippen LogP contribution in [0.25, 0.3) is 0 Å². The smallest absolute Gasteiger partial charge is 0.337 e. The van der Waals surface area contributed by atoms with E-state index in [4.69, 9.17) is 35.3 Å². The first kappa shape index (κ1) is 25.4. The number of hydrogen-bond acceptors (Lipinski definition) is 8. The number of methoxy groups -OCH3 is 3. The van der Waals surface area contributed by atoms with E-state index < -0.39 is 24.0 Å². The summed E-state index contributed by atoms with van der Waals surface area (Å²) in [5.41, 5.74) is 3.21. The molecule has 0 spiro atoms. The molecule has 2 aromatic rings. The van der Waals surface area contributed by atoms with Crippen LogP contribution in [0.5, 0.6) is 17.2 Å². The van der Waals surface area contributed by atoms with Crippen molar-refractivity contribution >= 4 is 23.5 Å². The molecule has 36 heavy (non-hydrogen) atoms. The largest absolute Gasteiger partial charge is 0.493 e. The average Bonchev–Trinajstić information content (AvgIpc) is 2.87. The number of carbonyl (C=O) groups is 2. The molecule has 2 atom stereocenters. The molecule has 2 aliphatic heterocycles. The Hall–Kier alpha value is -3.65. The van der Waals surface area contributed by atoms with Crippen LogP contribution in [0.2, 0.25) is 5.02 Å². The van der Waals surface area contributed by atoms with E-state index in [9.17, 15) is 9.59 Å². The van der Waals surface area contributed by atoms with Gasteiger partial charge in [-0.15, -0.1) is 0 Å². The summed E-state index contributed by atoms with van der Waals surface area (Å²) >= 11 is 6.54. The first-order chi connectivity index (χ1) is 17.3. The zero-order chi connectivity index (χ0) is 26.0. The highest BCUT2D eigenvalue weighted by Crippen LogP contribution is 2.48. The lowest BCUT2D eigenvalue weighted by Crippen LogP contribution is -2.37. The third kappa shape index (κ3) is 4.48. The van der Waals surface area contributed by atoms with Crippen LogP contribution in [0.1, 0.15) is 43.4 Å². The zero-order valence-electron chi connectivity index (χ0n) is 20.8. The quantitative estimate of drug-likeness (QED) is 0.526. The summed E-state index contributed by atoms with van der Waals surface area (Å²) in [5.74, 6) is -0.455. The molecule has 0 bridgehead atoms. The topological polar surface area (TPSA) is 92.3 Å². The van der Waals surface area contributed by atoms with Crippen molar-refractivity contribution in [3.63, 3.8) is 0 Å². The van der Waals surface area contributed by atoms with E-state index in [1.165, 1.54) is 21.3 Å². The maximum atomic E-state index is 13.5. The second-order valence-electron chi connectivity index (χ2n) is 8.29. The van der Waals surface area contributed by atoms with E-state index in [1.807, 2.05) is 6.07 Å². The van der Waals surface area contributed by atoms with Crippen LogP contribution in [-0.2, 0) is 19.1 Å². The fourth-order valence-electron chi connectivity index (χ4n) is 4.69. The highest BCUT2D eigenvalue weighted by Gasteiger charge is 2.43. The van der Waals surface area contributed by atoms with Gasteiger partial charge in [0, 0.05) is 28.4 Å². The summed E-state index contributed by atoms with van der Waals surface area (Å²) in [6.07, 6.45) is -0.282. The Morgan fingerprint density at radius 2 is 1.78 bits per heavy atom. The van der Waals surface area contributed by atoms with Crippen LogP contribution < -0.4 is 19.5 Å². The SMILES string of the molecule is CCOC(=O)C1=C(C)NC2=C(C(=O)OC(c3cc(OC)c(OC)c(OC)c3)C2)C1c1ccccc1Cl. The molecular formula is C27H28ClNO7. The van der Waals surface area contributed by atoms with Gasteiger partial charge in [0.25, 0.3) is 0 Å². The number of esters is 2. The van der Waals surface area contributed by atoms with Crippen molar-refractivity contribution in [2.24, 2.45) is 0 Å². The van der Waals surface area contributed by atoms with Gasteiger partial charge in [-0.3, -0.25) is 0 Å². The van der Waals surface area contributed by atoms with Crippen LogP contribution in [0.4, 0.5) is 0 Å². The Bertz CT molecular complexity index is 1240. The van der Waals surface area contributed by atoms with E-state index in [1.54, 1.807) is 44.2 Å². The second-order valence-corrected chi connectivity index (χ2v) is 8.69. The molecule has 0 saturated heterocycles. The molecule has 2 aromatic carbocycles. The molecule has 0 aliphatic carbocycles. The maximum absolute atomic E-state index is 13.5. The van der Waals surface area contributed by atoms with Crippen molar-refractivity contribution in [2.75, 3.05) is 27.9 Å². The minimum Gasteiger partial charge on any atom is -0.493 e. The Kier molecular flexibility index (Phi) is 7.45. The van der Waals surface area contributed by atoms with Gasteiger partial charge in [0.1, 0.15) is 6.10 Å². The summed E-state index contributed by atoms with van der Waals surface area (Å²) in [6, 6.07) is 10.6. The molecule has 0 amide bonds. The summed E-state index contributed by atoms with van der Waals surface area (Å²) in [4.78, 5) is 26.5. The van der Waals surface area contributed by atoms with Crippen molar-refractivity contribution in [3.05, 3.63) is 75.1 Å². The monoisotopic (exact) mass is 513 g/mol. The van der Waals surface area contributed by atoms with Crippen LogP contribution in [0, 0.1) is 0 Å². The third-order valence-electron chi connectivity index (χ3n) is 6.27. The average molecular weight is 514 g/mol. The van der Waals surface area contributed by atoms with Gasteiger partial charge >= 0.3 is 11.9 Å². The van der Waals surface area contributed by atoms with E-state index in [0.717, 1.165) is 0 Å². The van der Waals surface area contributed by atoms with E-state index in [2.05, 4.69) is 5.32 Å². The highest BCUT2D eigenvalue weighted by atomic mass is 35.5. The predicted molar refractivity (Wildman–Crippen MR) is 133 cm³/mol. The number of carbonyl (C=O) groups excluding carboxylic acids is 2. The number of nitrogens with one attached hydrogen (secondary N) is 1. The zero-order valence-corrected chi connectivity index (χ0v) is 21.5. The molecule has 8 nitrogen and oxygen atoms in total. The molecule has 0 aromatic heterocycles. The maximum Gasteiger partial charge on any atom is 0.337 e. The van der Waals surface area contributed by atoms with Gasteiger partial charge in [-0.2, -0.15) is 0 Å². The molecule has 4 rings (SSSR count). The molecule has 2 aliphatic rings. The van der Waals surface area contributed by atoms with Gasteiger partial charge in [0.05, 0.1) is 45.0 Å². The Labute approximate surface area is 214 Å². The Balaban J connectivity index is 1.81. The molecule has 0 saturated carbocycles. The van der Waals surface area contributed by atoms with Crippen molar-refractivity contribution in [3.8, 4) is 17.2 Å². The fraction of sp³-hybridized carbons (Fsp3) is 0.333. The number of ether oxygens (including phenoxy) is 5. The summed E-state index contributed by atoms with van der Waals surface area (Å²) < 4.78 is 27.6. The van der Waals surface area contributed by atoms with Crippen molar-refractivity contribution < 1.29 is 33.3 Å². The minimum absolute atomic E-state index is 0.199. The molecule has 0 fully saturated rings. The lowest BCUT2D eigenvalue weighted by molar-refractivity contribution is -0.146. The van der Waals surface area contributed by atoms with Crippen LogP contribution in [0.15, 0.2) is 58.9 Å².